The number of benzene rings is 2. The van der Waals surface area contributed by atoms with E-state index in [2.05, 4.69) is 20.1 Å². The van der Waals surface area contributed by atoms with E-state index in [1.165, 1.54) is 6.07 Å². The van der Waals surface area contributed by atoms with Gasteiger partial charge in [-0.25, -0.2) is 14.3 Å². The molecule has 2 aromatic carbocycles. The van der Waals surface area contributed by atoms with Crippen LogP contribution in [0.5, 0.6) is 0 Å². The number of para-hydroxylation sites is 1. The van der Waals surface area contributed by atoms with Crippen molar-refractivity contribution >= 4 is 28.1 Å². The Morgan fingerprint density at radius 1 is 1.34 bits per heavy atom. The molecule has 0 bridgehead atoms. The van der Waals surface area contributed by atoms with Gasteiger partial charge in [-0.05, 0) is 17.7 Å². The summed E-state index contributed by atoms with van der Waals surface area (Å²) in [5.41, 5.74) is 7.98. The molecule has 0 radical (unpaired) electrons. The first-order valence-electron chi connectivity index (χ1n) is 8.55. The molecule has 7 nitrogen and oxygen atoms in total. The summed E-state index contributed by atoms with van der Waals surface area (Å²) >= 11 is 6.19. The molecule has 0 amide bonds. The molecule has 29 heavy (non-hydrogen) atoms. The summed E-state index contributed by atoms with van der Waals surface area (Å²) in [6, 6.07) is 8.05. The average Bonchev–Trinajstić information content (AvgIpc) is 3.09. The first kappa shape index (κ1) is 18.8. The molecule has 0 saturated carbocycles. The summed E-state index contributed by atoms with van der Waals surface area (Å²) in [5.74, 6) is -0.692. The van der Waals surface area contributed by atoms with Crippen molar-refractivity contribution in [1.29, 1.82) is 0 Å². The minimum atomic E-state index is -0.692. The minimum Gasteiger partial charge on any atom is -0.325 e. The van der Waals surface area contributed by atoms with E-state index in [-0.39, 0.29) is 17.6 Å². The Balaban J connectivity index is 2.04. The first-order valence-corrected chi connectivity index (χ1v) is 8.93. The smallest absolute Gasteiger partial charge is 0.275 e. The van der Waals surface area contributed by atoms with Crippen LogP contribution in [-0.2, 0) is 13.6 Å². The quantitative estimate of drug-likeness (QED) is 0.504. The van der Waals surface area contributed by atoms with Gasteiger partial charge in [0.25, 0.3) is 5.56 Å². The Labute approximate surface area is 169 Å². The van der Waals surface area contributed by atoms with E-state index in [0.29, 0.717) is 38.5 Å². The van der Waals surface area contributed by atoms with Crippen LogP contribution >= 0.6 is 11.6 Å². The molecule has 2 aromatic heterocycles. The Morgan fingerprint density at radius 3 is 2.86 bits per heavy atom. The molecule has 0 unspecified atom stereocenters. The molecule has 9 heteroatoms. The fourth-order valence-corrected chi connectivity index (χ4v) is 3.62. The molecule has 0 aliphatic heterocycles. The number of rotatable bonds is 3. The zero-order valence-electron chi connectivity index (χ0n) is 15.2. The number of nitrogens with zero attached hydrogens (tertiary/aromatic N) is 4. The van der Waals surface area contributed by atoms with Crippen LogP contribution in [0.25, 0.3) is 38.0 Å². The highest BCUT2D eigenvalue weighted by Gasteiger charge is 2.20. The fourth-order valence-electron chi connectivity index (χ4n) is 3.40. The largest absolute Gasteiger partial charge is 0.325 e. The Bertz CT molecular complexity index is 1370. The maximum atomic E-state index is 14.9. The lowest BCUT2D eigenvalue weighted by atomic mass is 9.97. The monoisotopic (exact) mass is 408 g/mol. The van der Waals surface area contributed by atoms with Crippen molar-refractivity contribution in [1.82, 2.24) is 20.0 Å². The number of nitrogens with one attached hydrogen (secondary N) is 1. The van der Waals surface area contributed by atoms with Gasteiger partial charge in [-0.15, -0.1) is 0 Å². The lowest BCUT2D eigenvalue weighted by molar-refractivity contribution is 0.638. The zero-order chi connectivity index (χ0) is 20.7. The minimum absolute atomic E-state index is 0.0340. The molecule has 0 saturated heterocycles. The molecule has 0 fully saturated rings. The van der Waals surface area contributed by atoms with E-state index in [9.17, 15) is 9.18 Å². The molecule has 3 N–H and O–H groups in total. The van der Waals surface area contributed by atoms with E-state index in [1.807, 2.05) is 0 Å². The van der Waals surface area contributed by atoms with Gasteiger partial charge in [0.1, 0.15) is 5.82 Å². The topological polar surface area (TPSA) is 93.9 Å². The number of aromatic nitrogens is 4. The van der Waals surface area contributed by atoms with E-state index in [1.54, 1.807) is 42.2 Å². The molecule has 0 aliphatic rings. The van der Waals surface area contributed by atoms with Crippen LogP contribution in [0.1, 0.15) is 5.69 Å². The maximum Gasteiger partial charge on any atom is 0.275 e. The number of aryl methyl sites for hydroxylation is 1. The summed E-state index contributed by atoms with van der Waals surface area (Å²) in [6.45, 7) is 7.52. The van der Waals surface area contributed by atoms with Gasteiger partial charge < -0.3 is 5.73 Å². The van der Waals surface area contributed by atoms with Gasteiger partial charge in [-0.3, -0.25) is 9.48 Å². The number of nitrogens with two attached hydrogens (primary N) is 1. The van der Waals surface area contributed by atoms with Crippen LogP contribution in [0.2, 0.25) is 5.02 Å². The third-order valence-electron chi connectivity index (χ3n) is 4.72. The van der Waals surface area contributed by atoms with Crippen molar-refractivity contribution in [3.05, 3.63) is 74.8 Å². The highest BCUT2D eigenvalue weighted by molar-refractivity contribution is 6.34. The summed E-state index contributed by atoms with van der Waals surface area (Å²) in [4.78, 5) is 15.6. The van der Waals surface area contributed by atoms with E-state index >= 15 is 0 Å². The summed E-state index contributed by atoms with van der Waals surface area (Å²) in [6.07, 6.45) is 1.58. The normalized spacial score (nSPS) is 11.0. The van der Waals surface area contributed by atoms with Crippen LogP contribution in [0.4, 0.5) is 10.1 Å². The molecule has 0 aliphatic carbocycles. The number of aromatic amines is 1. The number of halogens is 2. The van der Waals surface area contributed by atoms with Gasteiger partial charge in [0.15, 0.2) is 0 Å². The molecular weight excluding hydrogens is 395 g/mol. The van der Waals surface area contributed by atoms with Crippen molar-refractivity contribution < 1.29 is 4.39 Å². The van der Waals surface area contributed by atoms with Gasteiger partial charge in [-0.1, -0.05) is 29.8 Å². The van der Waals surface area contributed by atoms with Crippen molar-refractivity contribution in [2.45, 2.75) is 6.54 Å². The standard InChI is InChI=1S/C20H14ClFN6O/c1-24-18-11(4-3-5-14(18)21)19-13(9-25-28(19)2)10-6-12-16(8-23)26-27-20(29)17(12)15(22)7-10/h3-7,9H,8,23H2,2H3,(H,27,29). The fraction of sp³-hybridized carbons (Fsp3) is 0.100. The average molecular weight is 409 g/mol. The van der Waals surface area contributed by atoms with Crippen LogP contribution < -0.4 is 11.3 Å². The van der Waals surface area contributed by atoms with Crippen molar-refractivity contribution in [3.63, 3.8) is 0 Å². The second-order valence-corrected chi connectivity index (χ2v) is 6.77. The molecule has 4 rings (SSSR count). The number of hydrogen-bond acceptors (Lipinski definition) is 4. The van der Waals surface area contributed by atoms with Gasteiger partial charge >= 0.3 is 0 Å². The Hall–Kier alpha value is -3.54. The van der Waals surface area contributed by atoms with Crippen molar-refractivity contribution in [2.75, 3.05) is 0 Å². The van der Waals surface area contributed by atoms with Crippen LogP contribution in [0.3, 0.4) is 0 Å². The molecular formula is C20H14ClFN6O. The third kappa shape index (κ3) is 2.97. The highest BCUT2D eigenvalue weighted by Crippen LogP contribution is 2.41. The van der Waals surface area contributed by atoms with Gasteiger partial charge in [0.2, 0.25) is 5.69 Å². The summed E-state index contributed by atoms with van der Waals surface area (Å²) in [5, 5.41) is 11.0. The van der Waals surface area contributed by atoms with Gasteiger partial charge in [-0.2, -0.15) is 10.2 Å². The Morgan fingerprint density at radius 2 is 2.14 bits per heavy atom. The van der Waals surface area contributed by atoms with Gasteiger partial charge in [0.05, 0.1) is 29.5 Å². The summed E-state index contributed by atoms with van der Waals surface area (Å²) < 4.78 is 16.5. The van der Waals surface area contributed by atoms with Crippen LogP contribution in [0.15, 0.2) is 41.3 Å². The molecule has 0 spiro atoms. The lowest BCUT2D eigenvalue weighted by Gasteiger charge is -2.11. The first-order chi connectivity index (χ1) is 14.0. The number of hydrogen-bond donors (Lipinski definition) is 2. The predicted molar refractivity (Wildman–Crippen MR) is 109 cm³/mol. The zero-order valence-corrected chi connectivity index (χ0v) is 16.0. The number of H-pyrrole nitrogens is 1. The lowest BCUT2D eigenvalue weighted by Crippen LogP contribution is -2.14. The summed E-state index contributed by atoms with van der Waals surface area (Å²) in [7, 11) is 1.72. The third-order valence-corrected chi connectivity index (χ3v) is 5.02. The van der Waals surface area contributed by atoms with Crippen molar-refractivity contribution in [2.24, 2.45) is 12.8 Å². The number of fused-ring (bicyclic) bond motifs is 1. The Kier molecular flexibility index (Phi) is 4.62. The maximum absolute atomic E-state index is 14.9. The SMILES string of the molecule is [C-]#[N+]c1c(Cl)cccc1-c1c(-c2cc(F)c3c(=O)[nH]nc(CN)c3c2)cnn1C. The molecule has 2 heterocycles. The van der Waals surface area contributed by atoms with Crippen LogP contribution in [0, 0.1) is 12.4 Å². The van der Waals surface area contributed by atoms with E-state index in [0.717, 1.165) is 0 Å². The molecule has 4 aromatic rings. The van der Waals surface area contributed by atoms with Crippen LogP contribution in [-0.4, -0.2) is 20.0 Å². The second-order valence-electron chi connectivity index (χ2n) is 6.36. The highest BCUT2D eigenvalue weighted by atomic mass is 35.5. The predicted octanol–water partition coefficient (Wildman–Crippen LogP) is 3.79. The van der Waals surface area contributed by atoms with E-state index in [4.69, 9.17) is 23.9 Å². The van der Waals surface area contributed by atoms with E-state index < -0.39 is 11.4 Å². The second kappa shape index (κ2) is 7.13. The molecule has 144 valence electrons. The van der Waals surface area contributed by atoms with Gasteiger partial charge in [0, 0.05) is 35.1 Å². The molecule has 0 atom stereocenters. The van der Waals surface area contributed by atoms with Crippen molar-refractivity contribution in [3.8, 4) is 22.4 Å².